The first kappa shape index (κ1) is 17.3. The van der Waals surface area contributed by atoms with Gasteiger partial charge in [-0.1, -0.05) is 18.7 Å². The minimum absolute atomic E-state index is 0.0414. The predicted octanol–water partition coefficient (Wildman–Crippen LogP) is 2.59. The molecule has 0 aliphatic heterocycles. The number of carbonyl (C=O) groups is 1. The van der Waals surface area contributed by atoms with E-state index in [0.717, 1.165) is 11.8 Å². The zero-order valence-corrected chi connectivity index (χ0v) is 14.5. The van der Waals surface area contributed by atoms with Crippen molar-refractivity contribution in [1.29, 1.82) is 0 Å². The Bertz CT molecular complexity index is 758. The van der Waals surface area contributed by atoms with Crippen LogP contribution in [-0.2, 0) is 4.79 Å². The van der Waals surface area contributed by atoms with Crippen molar-refractivity contribution in [3.8, 4) is 5.75 Å². The summed E-state index contributed by atoms with van der Waals surface area (Å²) in [6.45, 7) is 5.58. The molecule has 0 spiro atoms. The van der Waals surface area contributed by atoms with Crippen LogP contribution in [0.1, 0.15) is 11.5 Å². The number of carbonyl (C=O) groups excluding carboxylic acids is 1. The molecule has 0 aliphatic carbocycles. The van der Waals surface area contributed by atoms with Gasteiger partial charge in [0.2, 0.25) is 5.89 Å². The second-order valence-corrected chi connectivity index (χ2v) is 6.12. The van der Waals surface area contributed by atoms with Crippen LogP contribution in [0, 0.1) is 6.92 Å². The molecule has 0 radical (unpaired) electrons. The first-order valence-corrected chi connectivity index (χ1v) is 8.05. The third-order valence-corrected chi connectivity index (χ3v) is 3.98. The molecule has 0 unspecified atom stereocenters. The molecule has 0 N–H and O–H groups in total. The average molecular weight is 396 g/mol. The van der Waals surface area contributed by atoms with Gasteiger partial charge in [-0.15, -0.1) is 10.2 Å². The van der Waals surface area contributed by atoms with E-state index < -0.39 is 5.97 Å². The SMILES string of the molecule is C=CCOc1ccc(/C=C(\Sc2nnc(C)o2)C(=O)[O-])cc1Br. The van der Waals surface area contributed by atoms with Crippen molar-refractivity contribution < 1.29 is 19.1 Å². The lowest BCUT2D eigenvalue weighted by molar-refractivity contribution is -0.298. The number of carboxylic acids is 1. The number of aryl methyl sites for hydroxylation is 1. The van der Waals surface area contributed by atoms with Crippen LogP contribution < -0.4 is 9.84 Å². The van der Waals surface area contributed by atoms with Gasteiger partial charge in [0.1, 0.15) is 12.4 Å². The van der Waals surface area contributed by atoms with Crippen molar-refractivity contribution in [3.63, 3.8) is 0 Å². The largest absolute Gasteiger partial charge is 0.544 e. The fourth-order valence-corrected chi connectivity index (χ4v) is 2.79. The van der Waals surface area contributed by atoms with Gasteiger partial charge in [0.05, 0.1) is 10.4 Å². The monoisotopic (exact) mass is 395 g/mol. The lowest BCUT2D eigenvalue weighted by atomic mass is 10.2. The normalized spacial score (nSPS) is 11.3. The lowest BCUT2D eigenvalue weighted by Crippen LogP contribution is -2.23. The molecule has 0 aliphatic rings. The Balaban J connectivity index is 2.23. The quantitative estimate of drug-likeness (QED) is 0.404. The number of ether oxygens (including phenoxy) is 1. The number of hydrogen-bond donors (Lipinski definition) is 0. The van der Waals surface area contributed by atoms with Crippen LogP contribution in [-0.4, -0.2) is 22.8 Å². The van der Waals surface area contributed by atoms with Crippen LogP contribution in [0.15, 0.2) is 49.9 Å². The smallest absolute Gasteiger partial charge is 0.281 e. The molecule has 1 aromatic heterocycles. The van der Waals surface area contributed by atoms with Gasteiger partial charge in [-0.2, -0.15) is 0 Å². The molecular weight excluding hydrogens is 384 g/mol. The molecule has 0 saturated carbocycles. The Kier molecular flexibility index (Phi) is 6.00. The summed E-state index contributed by atoms with van der Waals surface area (Å²) in [6, 6.07) is 5.20. The van der Waals surface area contributed by atoms with Crippen molar-refractivity contribution >= 4 is 39.7 Å². The Morgan fingerprint density at radius 3 is 2.87 bits per heavy atom. The van der Waals surface area contributed by atoms with Crippen LogP contribution in [0.4, 0.5) is 0 Å². The summed E-state index contributed by atoms with van der Waals surface area (Å²) in [5, 5.41) is 18.8. The predicted molar refractivity (Wildman–Crippen MR) is 87.7 cm³/mol. The zero-order chi connectivity index (χ0) is 16.8. The zero-order valence-electron chi connectivity index (χ0n) is 12.1. The molecule has 0 bridgehead atoms. The summed E-state index contributed by atoms with van der Waals surface area (Å²) in [6.07, 6.45) is 3.10. The summed E-state index contributed by atoms with van der Waals surface area (Å²) in [7, 11) is 0. The number of aromatic nitrogens is 2. The summed E-state index contributed by atoms with van der Waals surface area (Å²) in [5.74, 6) is -0.331. The lowest BCUT2D eigenvalue weighted by Gasteiger charge is -2.08. The Labute approximate surface area is 145 Å². The number of hydrogen-bond acceptors (Lipinski definition) is 7. The highest BCUT2D eigenvalue weighted by molar-refractivity contribution is 9.10. The van der Waals surface area contributed by atoms with Crippen molar-refractivity contribution in [1.82, 2.24) is 10.2 Å². The fraction of sp³-hybridized carbons (Fsp3) is 0.133. The first-order chi connectivity index (χ1) is 11.0. The molecule has 2 aromatic rings. The van der Waals surface area contributed by atoms with E-state index >= 15 is 0 Å². The summed E-state index contributed by atoms with van der Waals surface area (Å²) in [5.41, 5.74) is 0.658. The highest BCUT2D eigenvalue weighted by Crippen LogP contribution is 2.30. The van der Waals surface area contributed by atoms with Gasteiger partial charge in [-0.3, -0.25) is 0 Å². The number of aliphatic carboxylic acids is 1. The maximum absolute atomic E-state index is 11.3. The third-order valence-electron chi connectivity index (χ3n) is 2.52. The van der Waals surface area contributed by atoms with Crippen molar-refractivity contribution in [2.45, 2.75) is 12.1 Å². The van der Waals surface area contributed by atoms with E-state index in [9.17, 15) is 9.90 Å². The van der Waals surface area contributed by atoms with Crippen LogP contribution in [0.25, 0.3) is 6.08 Å². The molecule has 2 rings (SSSR count). The van der Waals surface area contributed by atoms with Gasteiger partial charge in [-0.05, 0) is 51.5 Å². The molecule has 0 amide bonds. The van der Waals surface area contributed by atoms with E-state index in [1.807, 2.05) is 0 Å². The van der Waals surface area contributed by atoms with Gasteiger partial charge in [0.15, 0.2) is 0 Å². The minimum atomic E-state index is -1.33. The number of carboxylic acid groups (broad SMARTS) is 1. The van der Waals surface area contributed by atoms with Gasteiger partial charge in [0.25, 0.3) is 5.22 Å². The van der Waals surface area contributed by atoms with Crippen LogP contribution >= 0.6 is 27.7 Å². The van der Waals surface area contributed by atoms with E-state index in [1.165, 1.54) is 6.08 Å². The number of halogens is 1. The van der Waals surface area contributed by atoms with Crippen LogP contribution in [0.3, 0.4) is 0 Å². The Morgan fingerprint density at radius 2 is 2.30 bits per heavy atom. The Morgan fingerprint density at radius 1 is 1.52 bits per heavy atom. The number of thioether (sulfide) groups is 1. The highest BCUT2D eigenvalue weighted by Gasteiger charge is 2.09. The molecule has 23 heavy (non-hydrogen) atoms. The van der Waals surface area contributed by atoms with E-state index in [2.05, 4.69) is 32.7 Å². The van der Waals surface area contributed by atoms with Crippen molar-refractivity contribution in [3.05, 3.63) is 51.7 Å². The fourth-order valence-electron chi connectivity index (χ4n) is 1.57. The maximum Gasteiger partial charge on any atom is 0.281 e. The Hall–Kier alpha value is -2.06. The van der Waals surface area contributed by atoms with Crippen LogP contribution in [0.2, 0.25) is 0 Å². The van der Waals surface area contributed by atoms with E-state index in [4.69, 9.17) is 9.15 Å². The molecule has 0 fully saturated rings. The second-order valence-electron chi connectivity index (χ2n) is 4.27. The van der Waals surface area contributed by atoms with Crippen molar-refractivity contribution in [2.75, 3.05) is 6.61 Å². The minimum Gasteiger partial charge on any atom is -0.544 e. The average Bonchev–Trinajstić information content (AvgIpc) is 2.91. The molecular formula is C15H12BrN2O4S-. The number of nitrogens with zero attached hydrogens (tertiary/aromatic N) is 2. The standard InChI is InChI=1S/C15H13BrN2O4S/c1-3-6-21-12-5-4-10(7-11(12)16)8-13(14(19)20)23-15-18-17-9(2)22-15/h3-5,7-8H,1,6H2,2H3,(H,19,20)/p-1/b13-8-. The van der Waals surface area contributed by atoms with E-state index in [-0.39, 0.29) is 10.1 Å². The second kappa shape index (κ2) is 7.98. The molecule has 1 aromatic carbocycles. The highest BCUT2D eigenvalue weighted by atomic mass is 79.9. The van der Waals surface area contributed by atoms with E-state index in [1.54, 1.807) is 31.2 Å². The molecule has 0 saturated heterocycles. The molecule has 0 atom stereocenters. The van der Waals surface area contributed by atoms with Gasteiger partial charge >= 0.3 is 0 Å². The molecule has 120 valence electrons. The van der Waals surface area contributed by atoms with Gasteiger partial charge in [0, 0.05) is 11.8 Å². The first-order valence-electron chi connectivity index (χ1n) is 6.44. The third kappa shape index (κ3) is 4.97. The number of benzene rings is 1. The summed E-state index contributed by atoms with van der Waals surface area (Å²) < 4.78 is 11.3. The molecule has 6 nitrogen and oxygen atoms in total. The molecule has 1 heterocycles. The summed E-state index contributed by atoms with van der Waals surface area (Å²) >= 11 is 4.21. The topological polar surface area (TPSA) is 88.3 Å². The number of rotatable bonds is 7. The van der Waals surface area contributed by atoms with Gasteiger partial charge in [-0.25, -0.2) is 0 Å². The van der Waals surface area contributed by atoms with Crippen LogP contribution in [0.5, 0.6) is 5.75 Å². The maximum atomic E-state index is 11.3. The summed E-state index contributed by atoms with van der Waals surface area (Å²) in [4.78, 5) is 11.2. The van der Waals surface area contributed by atoms with E-state index in [0.29, 0.717) is 28.3 Å². The molecule has 8 heteroatoms. The van der Waals surface area contributed by atoms with Crippen molar-refractivity contribution in [2.24, 2.45) is 0 Å². The van der Waals surface area contributed by atoms with Gasteiger partial charge < -0.3 is 19.1 Å².